The van der Waals surface area contributed by atoms with Gasteiger partial charge < -0.3 is 10.2 Å². The van der Waals surface area contributed by atoms with Crippen molar-refractivity contribution in [2.24, 2.45) is 0 Å². The second-order valence-corrected chi connectivity index (χ2v) is 7.88. The van der Waals surface area contributed by atoms with E-state index in [4.69, 9.17) is 0 Å². The molecule has 0 bridgehead atoms. The first-order chi connectivity index (χ1) is 9.91. The minimum atomic E-state index is -3.38. The second-order valence-electron chi connectivity index (χ2n) is 5.83. The third kappa shape index (κ3) is 3.96. The molecule has 0 amide bonds. The summed E-state index contributed by atoms with van der Waals surface area (Å²) in [6.07, 6.45) is 2.82. The second kappa shape index (κ2) is 6.77. The Morgan fingerprint density at radius 3 is 2.67 bits per heavy atom. The molecule has 0 atom stereocenters. The Bertz CT molecular complexity index is 585. The molecular weight excluding hydrogens is 286 g/mol. The first kappa shape index (κ1) is 16.3. The summed E-state index contributed by atoms with van der Waals surface area (Å²) in [5, 5.41) is 3.30. The Morgan fingerprint density at radius 2 is 1.95 bits per heavy atom. The van der Waals surface area contributed by atoms with Gasteiger partial charge in [-0.15, -0.1) is 0 Å². The van der Waals surface area contributed by atoms with Crippen molar-refractivity contribution < 1.29 is 8.42 Å². The Kier molecular flexibility index (Phi) is 5.24. The maximum atomic E-state index is 12.6. The molecule has 0 aromatic heterocycles. The van der Waals surface area contributed by atoms with Gasteiger partial charge in [0.25, 0.3) is 0 Å². The van der Waals surface area contributed by atoms with Crippen molar-refractivity contribution in [2.45, 2.75) is 24.2 Å². The molecule has 0 saturated carbocycles. The fraction of sp³-hybridized carbons (Fsp3) is 0.600. The predicted molar refractivity (Wildman–Crippen MR) is 86.2 cm³/mol. The number of anilines is 1. The molecule has 0 saturated heterocycles. The molecule has 0 fully saturated rings. The van der Waals surface area contributed by atoms with Crippen LogP contribution in [0.25, 0.3) is 0 Å². The highest BCUT2D eigenvalue weighted by atomic mass is 32.2. The van der Waals surface area contributed by atoms with Gasteiger partial charge in [-0.25, -0.2) is 12.7 Å². The van der Waals surface area contributed by atoms with Gasteiger partial charge in [-0.3, -0.25) is 0 Å². The fourth-order valence-electron chi connectivity index (χ4n) is 2.52. The van der Waals surface area contributed by atoms with Gasteiger partial charge in [0.1, 0.15) is 0 Å². The number of hydrogen-bond donors (Lipinski definition) is 1. The lowest BCUT2D eigenvalue weighted by Gasteiger charge is -2.21. The smallest absolute Gasteiger partial charge is 0.242 e. The van der Waals surface area contributed by atoms with Crippen LogP contribution in [0.1, 0.15) is 18.4 Å². The van der Waals surface area contributed by atoms with E-state index in [1.54, 1.807) is 13.1 Å². The Labute approximate surface area is 128 Å². The summed E-state index contributed by atoms with van der Waals surface area (Å²) in [6, 6.07) is 5.41. The fourth-order valence-corrected chi connectivity index (χ4v) is 3.78. The zero-order valence-electron chi connectivity index (χ0n) is 13.1. The van der Waals surface area contributed by atoms with E-state index < -0.39 is 10.0 Å². The summed E-state index contributed by atoms with van der Waals surface area (Å²) in [4.78, 5) is 2.46. The highest BCUT2D eigenvalue weighted by molar-refractivity contribution is 7.89. The van der Waals surface area contributed by atoms with Gasteiger partial charge in [0.2, 0.25) is 10.0 Å². The van der Waals surface area contributed by atoms with Crippen molar-refractivity contribution >= 4 is 15.7 Å². The molecule has 0 spiro atoms. The number of hydrogen-bond acceptors (Lipinski definition) is 4. The summed E-state index contributed by atoms with van der Waals surface area (Å²) in [6.45, 7) is 2.38. The van der Waals surface area contributed by atoms with Crippen LogP contribution < -0.4 is 5.32 Å². The topological polar surface area (TPSA) is 52.7 Å². The van der Waals surface area contributed by atoms with Crippen LogP contribution in [0.4, 0.5) is 5.69 Å². The molecule has 1 aliphatic heterocycles. The SMILES string of the molecule is CN(C)CCCN(C)S(=O)(=O)c1ccc2c(c1)CCCN2. The minimum Gasteiger partial charge on any atom is -0.385 e. The number of nitrogens with one attached hydrogen (secondary N) is 1. The third-order valence-electron chi connectivity index (χ3n) is 3.80. The van der Waals surface area contributed by atoms with E-state index >= 15 is 0 Å². The normalized spacial score (nSPS) is 15.1. The molecule has 118 valence electrons. The van der Waals surface area contributed by atoms with E-state index in [1.165, 1.54) is 4.31 Å². The molecule has 6 heteroatoms. The number of benzene rings is 1. The molecule has 1 aliphatic rings. The third-order valence-corrected chi connectivity index (χ3v) is 5.65. The van der Waals surface area contributed by atoms with Gasteiger partial charge >= 0.3 is 0 Å². The molecular formula is C15H25N3O2S. The summed E-state index contributed by atoms with van der Waals surface area (Å²) in [5.41, 5.74) is 2.17. The zero-order valence-corrected chi connectivity index (χ0v) is 13.9. The van der Waals surface area contributed by atoms with E-state index in [0.717, 1.165) is 43.6 Å². The van der Waals surface area contributed by atoms with Gasteiger partial charge in [0, 0.05) is 25.8 Å². The molecule has 0 unspecified atom stereocenters. The van der Waals surface area contributed by atoms with E-state index in [9.17, 15) is 8.42 Å². The van der Waals surface area contributed by atoms with Crippen molar-refractivity contribution in [3.05, 3.63) is 23.8 Å². The standard InChI is InChI=1S/C15H25N3O2S/c1-17(2)10-5-11-18(3)21(19,20)14-7-8-15-13(12-14)6-4-9-16-15/h7-8,12,16H,4-6,9-11H2,1-3H3. The Balaban J connectivity index is 2.11. The van der Waals surface area contributed by atoms with Crippen LogP contribution in [0, 0.1) is 0 Å². The minimum absolute atomic E-state index is 0.400. The number of fused-ring (bicyclic) bond motifs is 1. The Hall–Kier alpha value is -1.11. The van der Waals surface area contributed by atoms with Crippen LogP contribution in [-0.2, 0) is 16.4 Å². The van der Waals surface area contributed by atoms with Crippen molar-refractivity contribution in [2.75, 3.05) is 46.1 Å². The first-order valence-electron chi connectivity index (χ1n) is 7.39. The highest BCUT2D eigenvalue weighted by Gasteiger charge is 2.22. The van der Waals surface area contributed by atoms with Crippen molar-refractivity contribution in [3.63, 3.8) is 0 Å². The lowest BCUT2D eigenvalue weighted by molar-refractivity contribution is 0.370. The monoisotopic (exact) mass is 311 g/mol. The lowest BCUT2D eigenvalue weighted by atomic mass is 10.0. The number of rotatable bonds is 6. The molecule has 1 aromatic rings. The van der Waals surface area contributed by atoms with Crippen molar-refractivity contribution in [1.29, 1.82) is 0 Å². The molecule has 1 heterocycles. The van der Waals surface area contributed by atoms with Crippen LogP contribution in [-0.4, -0.2) is 58.4 Å². The maximum Gasteiger partial charge on any atom is 0.242 e. The quantitative estimate of drug-likeness (QED) is 0.867. The number of sulfonamides is 1. The maximum absolute atomic E-state index is 12.6. The van der Waals surface area contributed by atoms with E-state index in [-0.39, 0.29) is 0 Å². The zero-order chi connectivity index (χ0) is 15.5. The molecule has 0 radical (unpaired) electrons. The summed E-state index contributed by atoms with van der Waals surface area (Å²) in [5.74, 6) is 0. The average Bonchev–Trinajstić information content (AvgIpc) is 2.46. The summed E-state index contributed by atoms with van der Waals surface area (Å²) < 4.78 is 26.6. The van der Waals surface area contributed by atoms with Gasteiger partial charge in [0.05, 0.1) is 4.90 Å². The van der Waals surface area contributed by atoms with Gasteiger partial charge in [-0.1, -0.05) is 0 Å². The Morgan fingerprint density at radius 1 is 1.19 bits per heavy atom. The lowest BCUT2D eigenvalue weighted by Crippen LogP contribution is -2.30. The summed E-state index contributed by atoms with van der Waals surface area (Å²) in [7, 11) is 2.25. The largest absolute Gasteiger partial charge is 0.385 e. The van der Waals surface area contributed by atoms with Crippen molar-refractivity contribution in [3.8, 4) is 0 Å². The van der Waals surface area contributed by atoms with Gasteiger partial charge in [-0.2, -0.15) is 0 Å². The molecule has 5 nitrogen and oxygen atoms in total. The number of nitrogens with zero attached hydrogens (tertiary/aromatic N) is 2. The summed E-state index contributed by atoms with van der Waals surface area (Å²) >= 11 is 0. The van der Waals surface area contributed by atoms with Crippen LogP contribution in [0.2, 0.25) is 0 Å². The average molecular weight is 311 g/mol. The molecule has 1 N–H and O–H groups in total. The van der Waals surface area contributed by atoms with Crippen LogP contribution >= 0.6 is 0 Å². The van der Waals surface area contributed by atoms with E-state index in [0.29, 0.717) is 11.4 Å². The van der Waals surface area contributed by atoms with Crippen LogP contribution in [0.15, 0.2) is 23.1 Å². The predicted octanol–water partition coefficient (Wildman–Crippen LogP) is 1.62. The molecule has 2 rings (SSSR count). The molecule has 1 aromatic carbocycles. The van der Waals surface area contributed by atoms with Gasteiger partial charge in [-0.05, 0) is 63.7 Å². The van der Waals surface area contributed by atoms with Crippen LogP contribution in [0.3, 0.4) is 0 Å². The number of aryl methyl sites for hydroxylation is 1. The first-order valence-corrected chi connectivity index (χ1v) is 8.83. The highest BCUT2D eigenvalue weighted by Crippen LogP contribution is 2.26. The molecule has 21 heavy (non-hydrogen) atoms. The van der Waals surface area contributed by atoms with E-state index in [2.05, 4.69) is 10.2 Å². The van der Waals surface area contributed by atoms with Crippen molar-refractivity contribution in [1.82, 2.24) is 9.21 Å². The van der Waals surface area contributed by atoms with Crippen LogP contribution in [0.5, 0.6) is 0 Å². The molecule has 0 aliphatic carbocycles. The van der Waals surface area contributed by atoms with Gasteiger partial charge in [0.15, 0.2) is 0 Å². The van der Waals surface area contributed by atoms with E-state index in [1.807, 2.05) is 26.2 Å².